The number of rotatable bonds is 2. The van der Waals surface area contributed by atoms with Crippen LogP contribution in [0.15, 0.2) is 42.5 Å². The van der Waals surface area contributed by atoms with Gasteiger partial charge in [-0.2, -0.15) is 0 Å². The van der Waals surface area contributed by atoms with Gasteiger partial charge in [-0.1, -0.05) is 36.4 Å². The number of allylic oxidation sites excluding steroid dienone is 1. The van der Waals surface area contributed by atoms with Gasteiger partial charge in [-0.25, -0.2) is 0 Å². The lowest BCUT2D eigenvalue weighted by Gasteiger charge is -2.03. The molecule has 0 aliphatic rings. The maximum Gasteiger partial charge on any atom is 0.0256 e. The fourth-order valence-corrected chi connectivity index (χ4v) is 1.72. The van der Waals surface area contributed by atoms with Gasteiger partial charge in [0.1, 0.15) is 0 Å². The molecule has 0 saturated heterocycles. The Morgan fingerprint density at radius 1 is 1.00 bits per heavy atom. The van der Waals surface area contributed by atoms with E-state index in [9.17, 15) is 0 Å². The Kier molecular flexibility index (Phi) is 2.64. The van der Waals surface area contributed by atoms with E-state index < -0.39 is 0 Å². The zero-order valence-corrected chi connectivity index (χ0v) is 8.70. The molecule has 0 spiro atoms. The van der Waals surface area contributed by atoms with Crippen molar-refractivity contribution in [3.8, 4) is 0 Å². The molecule has 0 unspecified atom stereocenters. The standard InChI is InChI=1S/C14H13N/c1-2-5-11-8-12-6-3-4-7-13(12)9-14(11)10-15/h2-10,15H,1H3/b5-2-,15-10?. The van der Waals surface area contributed by atoms with Crippen molar-refractivity contribution in [2.75, 3.05) is 0 Å². The lowest BCUT2D eigenvalue weighted by Crippen LogP contribution is -1.86. The van der Waals surface area contributed by atoms with E-state index in [2.05, 4.69) is 24.3 Å². The van der Waals surface area contributed by atoms with Crippen LogP contribution in [-0.2, 0) is 0 Å². The lowest BCUT2D eigenvalue weighted by atomic mass is 10.0. The third-order valence-corrected chi connectivity index (χ3v) is 2.45. The first-order valence-corrected chi connectivity index (χ1v) is 5.01. The van der Waals surface area contributed by atoms with E-state index in [-0.39, 0.29) is 0 Å². The molecule has 0 aliphatic carbocycles. The fraction of sp³-hybridized carbons (Fsp3) is 0.0714. The average Bonchev–Trinajstić information content (AvgIpc) is 2.28. The number of hydrogen-bond acceptors (Lipinski definition) is 1. The van der Waals surface area contributed by atoms with Gasteiger partial charge in [-0.3, -0.25) is 0 Å². The Morgan fingerprint density at radius 2 is 1.60 bits per heavy atom. The van der Waals surface area contributed by atoms with Crippen LogP contribution < -0.4 is 0 Å². The fourth-order valence-electron chi connectivity index (χ4n) is 1.72. The minimum atomic E-state index is 0.965. The molecule has 0 bridgehead atoms. The van der Waals surface area contributed by atoms with Crippen molar-refractivity contribution in [3.05, 3.63) is 53.6 Å². The Labute approximate surface area is 89.6 Å². The van der Waals surface area contributed by atoms with Crippen LogP contribution in [0, 0.1) is 5.41 Å². The maximum atomic E-state index is 7.38. The average molecular weight is 195 g/mol. The molecule has 2 rings (SSSR count). The van der Waals surface area contributed by atoms with Gasteiger partial charge in [0.25, 0.3) is 0 Å². The highest BCUT2D eigenvalue weighted by atomic mass is 14.3. The van der Waals surface area contributed by atoms with E-state index in [0.717, 1.165) is 11.1 Å². The zero-order valence-electron chi connectivity index (χ0n) is 8.70. The Morgan fingerprint density at radius 3 is 2.13 bits per heavy atom. The van der Waals surface area contributed by atoms with Gasteiger partial charge in [0, 0.05) is 6.21 Å². The molecule has 0 heterocycles. The lowest BCUT2D eigenvalue weighted by molar-refractivity contribution is 1.54. The molecule has 2 aromatic carbocycles. The highest BCUT2D eigenvalue weighted by Gasteiger charge is 1.99. The van der Waals surface area contributed by atoms with Gasteiger partial charge in [-0.15, -0.1) is 0 Å². The van der Waals surface area contributed by atoms with E-state index in [4.69, 9.17) is 5.41 Å². The molecule has 0 aliphatic heterocycles. The minimum absolute atomic E-state index is 0.965. The molecule has 0 atom stereocenters. The van der Waals surface area contributed by atoms with Crippen LogP contribution in [-0.4, -0.2) is 6.21 Å². The highest BCUT2D eigenvalue weighted by Crippen LogP contribution is 2.20. The van der Waals surface area contributed by atoms with Gasteiger partial charge >= 0.3 is 0 Å². The summed E-state index contributed by atoms with van der Waals surface area (Å²) in [5.74, 6) is 0. The molecule has 2 aromatic rings. The topological polar surface area (TPSA) is 23.9 Å². The summed E-state index contributed by atoms with van der Waals surface area (Å²) in [4.78, 5) is 0. The van der Waals surface area contributed by atoms with Gasteiger partial charge in [0.2, 0.25) is 0 Å². The summed E-state index contributed by atoms with van der Waals surface area (Å²) in [7, 11) is 0. The molecule has 1 heteroatoms. The predicted molar refractivity (Wildman–Crippen MR) is 66.5 cm³/mol. The van der Waals surface area contributed by atoms with E-state index in [1.165, 1.54) is 17.0 Å². The number of nitrogens with one attached hydrogen (secondary N) is 1. The van der Waals surface area contributed by atoms with E-state index in [1.807, 2.05) is 31.2 Å². The molecule has 1 nitrogen and oxygen atoms in total. The second kappa shape index (κ2) is 4.09. The van der Waals surface area contributed by atoms with Gasteiger partial charge in [-0.05, 0) is 41.0 Å². The monoisotopic (exact) mass is 195 g/mol. The first kappa shape index (κ1) is 9.66. The van der Waals surface area contributed by atoms with Crippen molar-refractivity contribution < 1.29 is 0 Å². The summed E-state index contributed by atoms with van der Waals surface area (Å²) in [5.41, 5.74) is 2.07. The zero-order chi connectivity index (χ0) is 10.7. The van der Waals surface area contributed by atoms with Crippen molar-refractivity contribution >= 4 is 23.1 Å². The van der Waals surface area contributed by atoms with E-state index >= 15 is 0 Å². The van der Waals surface area contributed by atoms with Crippen molar-refractivity contribution in [3.63, 3.8) is 0 Å². The molecule has 74 valence electrons. The molecule has 0 saturated carbocycles. The smallest absolute Gasteiger partial charge is 0.0256 e. The quantitative estimate of drug-likeness (QED) is 0.703. The van der Waals surface area contributed by atoms with Crippen LogP contribution in [0.1, 0.15) is 18.1 Å². The summed E-state index contributed by atoms with van der Waals surface area (Å²) >= 11 is 0. The Bertz CT molecular complexity index is 524. The third-order valence-electron chi connectivity index (χ3n) is 2.45. The summed E-state index contributed by atoms with van der Waals surface area (Å²) in [6.07, 6.45) is 5.44. The van der Waals surface area contributed by atoms with Crippen molar-refractivity contribution in [1.82, 2.24) is 0 Å². The third kappa shape index (κ3) is 1.82. The summed E-state index contributed by atoms with van der Waals surface area (Å²) in [6.45, 7) is 1.99. The van der Waals surface area contributed by atoms with Crippen LogP contribution >= 0.6 is 0 Å². The van der Waals surface area contributed by atoms with Crippen molar-refractivity contribution in [2.24, 2.45) is 0 Å². The molecule has 15 heavy (non-hydrogen) atoms. The summed E-state index contributed by atoms with van der Waals surface area (Å²) < 4.78 is 0. The normalized spacial score (nSPS) is 11.0. The number of fused-ring (bicyclic) bond motifs is 1. The first-order valence-electron chi connectivity index (χ1n) is 5.01. The summed E-state index contributed by atoms with van der Waals surface area (Å²) in [6, 6.07) is 12.4. The van der Waals surface area contributed by atoms with Crippen LogP contribution in [0.2, 0.25) is 0 Å². The molecular formula is C14H13N. The van der Waals surface area contributed by atoms with E-state index in [0.29, 0.717) is 0 Å². The molecule has 1 N–H and O–H groups in total. The van der Waals surface area contributed by atoms with Crippen LogP contribution in [0.5, 0.6) is 0 Å². The molecule has 0 amide bonds. The van der Waals surface area contributed by atoms with Crippen LogP contribution in [0.4, 0.5) is 0 Å². The number of hydrogen-bond donors (Lipinski definition) is 1. The molecule has 0 radical (unpaired) electrons. The van der Waals surface area contributed by atoms with Gasteiger partial charge in [0.15, 0.2) is 0 Å². The number of benzene rings is 2. The van der Waals surface area contributed by atoms with Gasteiger partial charge in [0.05, 0.1) is 0 Å². The maximum absolute atomic E-state index is 7.38. The van der Waals surface area contributed by atoms with E-state index in [1.54, 1.807) is 0 Å². The second-order valence-electron chi connectivity index (χ2n) is 3.47. The molecule has 0 aromatic heterocycles. The Hall–Kier alpha value is -1.89. The van der Waals surface area contributed by atoms with Gasteiger partial charge < -0.3 is 5.41 Å². The second-order valence-corrected chi connectivity index (χ2v) is 3.47. The van der Waals surface area contributed by atoms with Crippen molar-refractivity contribution in [1.29, 1.82) is 5.41 Å². The highest BCUT2D eigenvalue weighted by molar-refractivity contribution is 5.94. The molecular weight excluding hydrogens is 182 g/mol. The van der Waals surface area contributed by atoms with Crippen molar-refractivity contribution in [2.45, 2.75) is 6.92 Å². The minimum Gasteiger partial charge on any atom is -0.308 e. The SMILES string of the molecule is C/C=C\c1cc2ccccc2cc1C=N. The first-order chi connectivity index (χ1) is 7.35. The Balaban J connectivity index is 2.74. The van der Waals surface area contributed by atoms with Crippen LogP contribution in [0.3, 0.4) is 0 Å². The largest absolute Gasteiger partial charge is 0.308 e. The predicted octanol–water partition coefficient (Wildman–Crippen LogP) is 3.87. The molecule has 0 fully saturated rings. The van der Waals surface area contributed by atoms with Crippen LogP contribution in [0.25, 0.3) is 16.8 Å². The summed E-state index contributed by atoms with van der Waals surface area (Å²) in [5, 5.41) is 9.78.